The molecule has 0 bridgehead atoms. The summed E-state index contributed by atoms with van der Waals surface area (Å²) in [4.78, 5) is 15.8. The molecule has 1 aromatic heterocycles. The molecule has 1 saturated heterocycles. The quantitative estimate of drug-likeness (QED) is 0.585. The first-order valence-corrected chi connectivity index (χ1v) is 7.52. The highest BCUT2D eigenvalue weighted by molar-refractivity contribution is 8.16. The molecule has 9 heteroatoms. The van der Waals surface area contributed by atoms with Crippen LogP contribution in [0.5, 0.6) is 0 Å². The number of rotatable bonds is 1. The standard InChI is InChI=1S/C7H6Cl2N2O2S3/c8-4-5(9)15-6(10-4)16-7(12)11-1-2-13-3-14-11/h1-3H2. The zero-order valence-electron chi connectivity index (χ0n) is 7.81. The van der Waals surface area contributed by atoms with Gasteiger partial charge in [0.2, 0.25) is 0 Å². The molecule has 1 aliphatic rings. The fourth-order valence-electron chi connectivity index (χ4n) is 0.951. The first-order chi connectivity index (χ1) is 7.66. The minimum Gasteiger partial charge on any atom is -0.367 e. The second-order valence-electron chi connectivity index (χ2n) is 2.67. The molecule has 0 saturated carbocycles. The molecular weight excluding hydrogens is 311 g/mol. The number of thioether (sulfide) groups is 1. The van der Waals surface area contributed by atoms with Gasteiger partial charge in [0.1, 0.15) is 10.3 Å². The van der Waals surface area contributed by atoms with E-state index in [1.54, 1.807) is 4.31 Å². The van der Waals surface area contributed by atoms with Crippen LogP contribution in [0.4, 0.5) is 4.79 Å². The van der Waals surface area contributed by atoms with E-state index in [0.717, 1.165) is 11.8 Å². The van der Waals surface area contributed by atoms with Crippen LogP contribution < -0.4 is 0 Å². The maximum atomic E-state index is 11.8. The lowest BCUT2D eigenvalue weighted by Gasteiger charge is -2.24. The summed E-state index contributed by atoms with van der Waals surface area (Å²) in [5.74, 6) is 0.506. The molecule has 2 heterocycles. The molecule has 1 amide bonds. The summed E-state index contributed by atoms with van der Waals surface area (Å²) in [6.45, 7) is 1.15. The molecule has 0 aromatic carbocycles. The first kappa shape index (κ1) is 12.8. The molecule has 1 fully saturated rings. The van der Waals surface area contributed by atoms with Crippen LogP contribution in [0.1, 0.15) is 0 Å². The molecule has 0 unspecified atom stereocenters. The molecule has 88 valence electrons. The summed E-state index contributed by atoms with van der Waals surface area (Å²) in [6, 6.07) is 0. The Bertz CT molecular complexity index is 375. The third-order valence-electron chi connectivity index (χ3n) is 1.64. The molecule has 16 heavy (non-hydrogen) atoms. The van der Waals surface area contributed by atoms with Crippen LogP contribution in [0, 0.1) is 0 Å². The predicted octanol–water partition coefficient (Wildman–Crippen LogP) is 3.60. The van der Waals surface area contributed by atoms with E-state index in [-0.39, 0.29) is 10.4 Å². The number of aromatic nitrogens is 1. The number of thiazole rings is 1. The second kappa shape index (κ2) is 5.79. The van der Waals surface area contributed by atoms with Gasteiger partial charge in [0.25, 0.3) is 5.24 Å². The van der Waals surface area contributed by atoms with Crippen molar-refractivity contribution < 1.29 is 9.53 Å². The molecule has 1 aliphatic heterocycles. The van der Waals surface area contributed by atoms with Gasteiger partial charge in [-0.2, -0.15) is 0 Å². The van der Waals surface area contributed by atoms with Gasteiger partial charge in [-0.25, -0.2) is 4.98 Å². The Kier molecular flexibility index (Phi) is 4.63. The highest BCUT2D eigenvalue weighted by Gasteiger charge is 2.21. The molecule has 0 aliphatic carbocycles. The lowest BCUT2D eigenvalue weighted by molar-refractivity contribution is 0.154. The van der Waals surface area contributed by atoms with Crippen LogP contribution in [0.15, 0.2) is 4.34 Å². The molecule has 0 N–H and O–H groups in total. The number of hydrogen-bond donors (Lipinski definition) is 0. The SMILES string of the molecule is O=C(Sc1nc(Cl)c(Cl)s1)N1CCOCS1. The number of amides is 1. The summed E-state index contributed by atoms with van der Waals surface area (Å²) in [5, 5.41) is 0.173. The van der Waals surface area contributed by atoms with Crippen LogP contribution in [0.2, 0.25) is 9.49 Å². The number of carbonyl (C=O) groups is 1. The van der Waals surface area contributed by atoms with Crippen molar-refractivity contribution in [3.05, 3.63) is 9.49 Å². The minimum atomic E-state index is -0.0737. The molecule has 0 atom stereocenters. The van der Waals surface area contributed by atoms with E-state index in [9.17, 15) is 4.79 Å². The van der Waals surface area contributed by atoms with Crippen molar-refractivity contribution in [1.82, 2.24) is 9.29 Å². The molecule has 2 rings (SSSR count). The average molecular weight is 317 g/mol. The average Bonchev–Trinajstić information content (AvgIpc) is 2.59. The topological polar surface area (TPSA) is 42.4 Å². The Hall–Kier alpha value is 0.340. The maximum absolute atomic E-state index is 11.8. The lowest BCUT2D eigenvalue weighted by atomic mass is 10.7. The zero-order chi connectivity index (χ0) is 11.5. The van der Waals surface area contributed by atoms with Gasteiger partial charge in [0.15, 0.2) is 9.49 Å². The summed E-state index contributed by atoms with van der Waals surface area (Å²) in [7, 11) is 0. The molecular formula is C7H6Cl2N2O2S3. The predicted molar refractivity (Wildman–Crippen MR) is 68.5 cm³/mol. The van der Waals surface area contributed by atoms with Crippen LogP contribution in [-0.2, 0) is 4.74 Å². The summed E-state index contributed by atoms with van der Waals surface area (Å²) < 4.78 is 7.75. The summed E-state index contributed by atoms with van der Waals surface area (Å²) in [6.07, 6.45) is 0. The van der Waals surface area contributed by atoms with Crippen LogP contribution in [-0.4, -0.2) is 33.6 Å². The highest BCUT2D eigenvalue weighted by Crippen LogP contribution is 2.36. The highest BCUT2D eigenvalue weighted by atomic mass is 35.5. The minimum absolute atomic E-state index is 0.0737. The first-order valence-electron chi connectivity index (χ1n) is 4.18. The monoisotopic (exact) mass is 316 g/mol. The fraction of sp³-hybridized carbons (Fsp3) is 0.429. The molecule has 0 spiro atoms. The van der Waals surface area contributed by atoms with Gasteiger partial charge >= 0.3 is 0 Å². The van der Waals surface area contributed by atoms with Crippen molar-refractivity contribution in [2.75, 3.05) is 19.1 Å². The van der Waals surface area contributed by atoms with E-state index in [0.29, 0.717) is 27.8 Å². The van der Waals surface area contributed by atoms with E-state index < -0.39 is 0 Å². The summed E-state index contributed by atoms with van der Waals surface area (Å²) in [5.41, 5.74) is 0. The largest absolute Gasteiger partial charge is 0.367 e. The van der Waals surface area contributed by atoms with Crippen molar-refractivity contribution in [3.8, 4) is 0 Å². The molecule has 4 nitrogen and oxygen atoms in total. The van der Waals surface area contributed by atoms with E-state index in [1.165, 1.54) is 23.3 Å². The summed E-state index contributed by atoms with van der Waals surface area (Å²) >= 11 is 15.1. The Morgan fingerprint density at radius 1 is 1.56 bits per heavy atom. The van der Waals surface area contributed by atoms with Gasteiger partial charge in [-0.15, -0.1) is 0 Å². The third kappa shape index (κ3) is 3.18. The number of hydrogen-bond acceptors (Lipinski definition) is 6. The Morgan fingerprint density at radius 2 is 2.38 bits per heavy atom. The molecule has 0 radical (unpaired) electrons. The normalized spacial score (nSPS) is 16.5. The van der Waals surface area contributed by atoms with Gasteiger partial charge in [-0.1, -0.05) is 34.5 Å². The van der Waals surface area contributed by atoms with Gasteiger partial charge < -0.3 is 4.74 Å². The van der Waals surface area contributed by atoms with E-state index >= 15 is 0 Å². The lowest BCUT2D eigenvalue weighted by Crippen LogP contribution is -2.29. The number of halogens is 2. The maximum Gasteiger partial charge on any atom is 0.298 e. The smallest absolute Gasteiger partial charge is 0.298 e. The van der Waals surface area contributed by atoms with Gasteiger partial charge in [-0.05, 0) is 11.9 Å². The van der Waals surface area contributed by atoms with Crippen molar-refractivity contribution in [2.45, 2.75) is 4.34 Å². The molecule has 1 aromatic rings. The van der Waals surface area contributed by atoms with Gasteiger partial charge in [0, 0.05) is 11.8 Å². The van der Waals surface area contributed by atoms with Crippen molar-refractivity contribution in [1.29, 1.82) is 0 Å². The van der Waals surface area contributed by atoms with Gasteiger partial charge in [0.05, 0.1) is 13.2 Å². The van der Waals surface area contributed by atoms with E-state index in [4.69, 9.17) is 27.9 Å². The number of carbonyl (C=O) groups excluding carboxylic acids is 1. The van der Waals surface area contributed by atoms with Crippen molar-refractivity contribution in [2.24, 2.45) is 0 Å². The second-order valence-corrected chi connectivity index (χ2v) is 6.76. The van der Waals surface area contributed by atoms with Crippen molar-refractivity contribution >= 4 is 63.5 Å². The van der Waals surface area contributed by atoms with Crippen LogP contribution in [0.3, 0.4) is 0 Å². The third-order valence-corrected chi connectivity index (χ3v) is 5.38. The number of ether oxygens (including phenoxy) is 1. The van der Waals surface area contributed by atoms with E-state index in [2.05, 4.69) is 4.98 Å². The number of nitrogens with zero attached hydrogens (tertiary/aromatic N) is 2. The Balaban J connectivity index is 1.95. The Labute approximate surface area is 115 Å². The van der Waals surface area contributed by atoms with E-state index in [1.807, 2.05) is 0 Å². The fourth-order valence-corrected chi connectivity index (χ4v) is 4.08. The van der Waals surface area contributed by atoms with Gasteiger partial charge in [-0.3, -0.25) is 9.10 Å². The van der Waals surface area contributed by atoms with Crippen molar-refractivity contribution in [3.63, 3.8) is 0 Å². The van der Waals surface area contributed by atoms with Crippen LogP contribution in [0.25, 0.3) is 0 Å². The van der Waals surface area contributed by atoms with Crippen LogP contribution >= 0.6 is 58.2 Å². The zero-order valence-corrected chi connectivity index (χ0v) is 11.8. The Morgan fingerprint density at radius 3 is 2.94 bits per heavy atom.